The molecule has 1 unspecified atom stereocenters. The molecule has 0 aliphatic carbocycles. The van der Waals surface area contributed by atoms with Crippen molar-refractivity contribution in [2.24, 2.45) is 0 Å². The number of amides is 3. The zero-order chi connectivity index (χ0) is 25.3. The molecular formula is C21H21F3N4O6. The second kappa shape index (κ2) is 9.15. The maximum absolute atomic E-state index is 13.1. The SMILES string of the molecule is CC(C)(C)OC(=O)NC(CCc1cn[nH]c1C(F)(F)F)C(=O)ON1C(=O)c2ccccc2C1=O. The van der Waals surface area contributed by atoms with E-state index >= 15 is 0 Å². The van der Waals surface area contributed by atoms with Crippen molar-refractivity contribution in [3.63, 3.8) is 0 Å². The van der Waals surface area contributed by atoms with Gasteiger partial charge in [-0.3, -0.25) is 14.7 Å². The van der Waals surface area contributed by atoms with E-state index in [0.717, 1.165) is 6.20 Å². The van der Waals surface area contributed by atoms with E-state index in [2.05, 4.69) is 10.4 Å². The first-order valence-electron chi connectivity index (χ1n) is 10.1. The molecule has 13 heteroatoms. The number of ether oxygens (including phenoxy) is 1. The molecule has 1 aliphatic rings. The number of hydroxylamine groups is 2. The minimum atomic E-state index is -4.71. The first kappa shape index (κ1) is 24.7. The molecule has 2 heterocycles. The van der Waals surface area contributed by atoms with E-state index < -0.39 is 47.4 Å². The van der Waals surface area contributed by atoms with Crippen molar-refractivity contribution in [1.29, 1.82) is 0 Å². The summed E-state index contributed by atoms with van der Waals surface area (Å²) in [5, 5.41) is 7.69. The van der Waals surface area contributed by atoms with Crippen LogP contribution in [0.3, 0.4) is 0 Å². The van der Waals surface area contributed by atoms with Crippen molar-refractivity contribution in [2.75, 3.05) is 0 Å². The number of rotatable bonds is 6. The Morgan fingerprint density at radius 2 is 1.71 bits per heavy atom. The molecule has 0 fully saturated rings. The number of hydrogen-bond acceptors (Lipinski definition) is 7. The minimum absolute atomic E-state index is 0.0187. The van der Waals surface area contributed by atoms with Crippen LogP contribution in [0.25, 0.3) is 0 Å². The van der Waals surface area contributed by atoms with Gasteiger partial charge in [-0.05, 0) is 45.7 Å². The Kier molecular flexibility index (Phi) is 6.66. The number of carbonyl (C=O) groups is 4. The third-order valence-electron chi connectivity index (χ3n) is 4.62. The number of benzene rings is 1. The van der Waals surface area contributed by atoms with E-state index in [1.54, 1.807) is 20.8 Å². The molecule has 34 heavy (non-hydrogen) atoms. The maximum Gasteiger partial charge on any atom is 0.433 e. The monoisotopic (exact) mass is 482 g/mol. The average molecular weight is 482 g/mol. The van der Waals surface area contributed by atoms with Crippen LogP contribution in [-0.4, -0.2) is 50.8 Å². The summed E-state index contributed by atoms with van der Waals surface area (Å²) in [5.74, 6) is -3.02. The molecule has 3 amide bonds. The number of alkyl carbamates (subject to hydrolysis) is 1. The molecule has 1 atom stereocenters. The molecule has 0 bridgehead atoms. The van der Waals surface area contributed by atoms with Crippen LogP contribution in [-0.2, 0) is 27.0 Å². The number of aryl methyl sites for hydroxylation is 1. The average Bonchev–Trinajstić information content (AvgIpc) is 3.29. The topological polar surface area (TPSA) is 131 Å². The van der Waals surface area contributed by atoms with Crippen molar-refractivity contribution in [3.8, 4) is 0 Å². The molecule has 3 rings (SSSR count). The molecule has 0 radical (unpaired) electrons. The number of H-pyrrole nitrogens is 1. The van der Waals surface area contributed by atoms with Gasteiger partial charge >= 0.3 is 18.2 Å². The number of nitrogens with one attached hydrogen (secondary N) is 2. The molecule has 10 nitrogen and oxygen atoms in total. The van der Waals surface area contributed by atoms with Gasteiger partial charge in [0.25, 0.3) is 11.8 Å². The second-order valence-corrected chi connectivity index (χ2v) is 8.37. The molecule has 182 valence electrons. The van der Waals surface area contributed by atoms with E-state index in [4.69, 9.17) is 9.57 Å². The third-order valence-corrected chi connectivity index (χ3v) is 4.62. The van der Waals surface area contributed by atoms with Crippen LogP contribution in [0.5, 0.6) is 0 Å². The molecular weight excluding hydrogens is 461 g/mol. The predicted octanol–water partition coefficient (Wildman–Crippen LogP) is 3.01. The largest absolute Gasteiger partial charge is 0.444 e. The van der Waals surface area contributed by atoms with Gasteiger partial charge in [-0.25, -0.2) is 9.59 Å². The first-order chi connectivity index (χ1) is 15.8. The minimum Gasteiger partial charge on any atom is -0.444 e. The normalized spacial score (nSPS) is 14.6. The summed E-state index contributed by atoms with van der Waals surface area (Å²) in [7, 11) is 0. The second-order valence-electron chi connectivity index (χ2n) is 8.37. The van der Waals surface area contributed by atoms with Crippen molar-refractivity contribution >= 4 is 23.9 Å². The van der Waals surface area contributed by atoms with E-state index in [0.29, 0.717) is 0 Å². The van der Waals surface area contributed by atoms with Crippen LogP contribution < -0.4 is 5.32 Å². The number of nitrogens with zero attached hydrogens (tertiary/aromatic N) is 2. The Labute approximate surface area is 191 Å². The highest BCUT2D eigenvalue weighted by Gasteiger charge is 2.41. The van der Waals surface area contributed by atoms with E-state index in [-0.39, 0.29) is 34.6 Å². The standard InChI is InChI=1S/C21H21F3N4O6/c1-20(2,3)33-19(32)26-14(9-8-11-10-25-27-15(11)21(22,23)24)18(31)34-28-16(29)12-6-4-5-7-13(12)17(28)30/h4-7,10,14H,8-9H2,1-3H3,(H,25,27)(H,26,32). The molecule has 2 N–H and O–H groups in total. The van der Waals surface area contributed by atoms with E-state index in [9.17, 15) is 32.3 Å². The number of halogens is 3. The fraction of sp³-hybridized carbons (Fsp3) is 0.381. The van der Waals surface area contributed by atoms with Crippen molar-refractivity contribution in [2.45, 2.75) is 51.4 Å². The first-order valence-corrected chi connectivity index (χ1v) is 10.1. The van der Waals surface area contributed by atoms with Gasteiger partial charge in [0.2, 0.25) is 0 Å². The van der Waals surface area contributed by atoms with Gasteiger partial charge in [-0.1, -0.05) is 17.2 Å². The Hall–Kier alpha value is -3.90. The zero-order valence-electron chi connectivity index (χ0n) is 18.4. The molecule has 1 aliphatic heterocycles. The van der Waals surface area contributed by atoms with Gasteiger partial charge in [-0.15, -0.1) is 0 Å². The zero-order valence-corrected chi connectivity index (χ0v) is 18.4. The number of hydrogen-bond donors (Lipinski definition) is 2. The number of carbonyl (C=O) groups excluding carboxylic acids is 4. The van der Waals surface area contributed by atoms with Crippen LogP contribution in [0.2, 0.25) is 0 Å². The highest BCUT2D eigenvalue weighted by atomic mass is 19.4. The number of aromatic amines is 1. The van der Waals surface area contributed by atoms with E-state index in [1.807, 2.05) is 5.10 Å². The molecule has 0 saturated heterocycles. The highest BCUT2D eigenvalue weighted by Crippen LogP contribution is 2.31. The van der Waals surface area contributed by atoms with Crippen molar-refractivity contribution < 1.29 is 41.9 Å². The summed E-state index contributed by atoms with van der Waals surface area (Å²) in [5.41, 5.74) is -2.25. The molecule has 0 spiro atoms. The molecule has 2 aromatic rings. The summed E-state index contributed by atoms with van der Waals surface area (Å²) in [6, 6.07) is 4.24. The van der Waals surface area contributed by atoms with Gasteiger partial charge in [0, 0.05) is 5.56 Å². The van der Waals surface area contributed by atoms with Gasteiger partial charge in [0.05, 0.1) is 17.3 Å². The lowest BCUT2D eigenvalue weighted by Crippen LogP contribution is -2.47. The summed E-state index contributed by atoms with van der Waals surface area (Å²) in [6.07, 6.45) is -5.52. The third kappa shape index (κ3) is 5.53. The van der Waals surface area contributed by atoms with Gasteiger partial charge in [0.1, 0.15) is 17.3 Å². The summed E-state index contributed by atoms with van der Waals surface area (Å²) >= 11 is 0. The number of fused-ring (bicyclic) bond motifs is 1. The quantitative estimate of drug-likeness (QED) is 0.605. The fourth-order valence-electron chi connectivity index (χ4n) is 3.15. The van der Waals surface area contributed by atoms with Crippen LogP contribution in [0.4, 0.5) is 18.0 Å². The Balaban J connectivity index is 1.77. The lowest BCUT2D eigenvalue weighted by atomic mass is 10.1. The van der Waals surface area contributed by atoms with Gasteiger partial charge < -0.3 is 14.9 Å². The number of aromatic nitrogens is 2. The summed E-state index contributed by atoms with van der Waals surface area (Å²) < 4.78 is 44.4. The van der Waals surface area contributed by atoms with Crippen molar-refractivity contribution in [1.82, 2.24) is 20.6 Å². The molecule has 1 aromatic carbocycles. The Morgan fingerprint density at radius 1 is 1.12 bits per heavy atom. The Bertz CT molecular complexity index is 1090. The molecule has 0 saturated carbocycles. The van der Waals surface area contributed by atoms with Gasteiger partial charge in [0.15, 0.2) is 0 Å². The van der Waals surface area contributed by atoms with Crippen molar-refractivity contribution in [3.05, 3.63) is 52.8 Å². The predicted molar refractivity (Wildman–Crippen MR) is 108 cm³/mol. The van der Waals surface area contributed by atoms with Crippen LogP contribution >= 0.6 is 0 Å². The summed E-state index contributed by atoms with van der Waals surface area (Å²) in [4.78, 5) is 54.9. The van der Waals surface area contributed by atoms with Crippen LogP contribution in [0.1, 0.15) is 59.2 Å². The number of imide groups is 1. The Morgan fingerprint density at radius 3 is 2.24 bits per heavy atom. The number of alkyl halides is 3. The van der Waals surface area contributed by atoms with E-state index in [1.165, 1.54) is 24.3 Å². The lowest BCUT2D eigenvalue weighted by Gasteiger charge is -2.23. The van der Waals surface area contributed by atoms with Gasteiger partial charge in [-0.2, -0.15) is 18.3 Å². The van der Waals surface area contributed by atoms with Crippen LogP contribution in [0.15, 0.2) is 30.5 Å². The maximum atomic E-state index is 13.1. The highest BCUT2D eigenvalue weighted by molar-refractivity contribution is 6.20. The lowest BCUT2D eigenvalue weighted by molar-refractivity contribution is -0.171. The summed E-state index contributed by atoms with van der Waals surface area (Å²) in [6.45, 7) is 4.71. The smallest absolute Gasteiger partial charge is 0.433 e. The molecule has 1 aromatic heterocycles. The van der Waals surface area contributed by atoms with Crippen LogP contribution in [0, 0.1) is 0 Å². The fourth-order valence-corrected chi connectivity index (χ4v) is 3.15.